The number of likely N-dealkylation sites (N-methyl/N-ethyl adjacent to an activating group) is 1. The van der Waals surface area contributed by atoms with E-state index in [0.717, 1.165) is 20.7 Å². The van der Waals surface area contributed by atoms with Crippen molar-refractivity contribution in [1.82, 2.24) is 9.88 Å². The first-order valence-electron chi connectivity index (χ1n) is 6.27. The van der Waals surface area contributed by atoms with Gasteiger partial charge in [0.05, 0.1) is 10.7 Å². The highest BCUT2D eigenvalue weighted by Crippen LogP contribution is 2.28. The average Bonchev–Trinajstić information content (AvgIpc) is 2.80. The van der Waals surface area contributed by atoms with Gasteiger partial charge >= 0.3 is 0 Å². The zero-order valence-electron chi connectivity index (χ0n) is 11.4. The van der Waals surface area contributed by atoms with Gasteiger partial charge in [-0.2, -0.15) is 0 Å². The van der Waals surface area contributed by atoms with E-state index in [1.165, 1.54) is 12.1 Å². The maximum atomic E-state index is 13.4. The molecule has 0 aliphatic heterocycles. The number of halogens is 2. The minimum Gasteiger partial charge on any atom is -0.329 e. The summed E-state index contributed by atoms with van der Waals surface area (Å²) < 4.78 is 14.3. The van der Waals surface area contributed by atoms with Crippen molar-refractivity contribution >= 4 is 27.3 Å². The Bertz CT molecular complexity index is 588. The molecule has 0 radical (unpaired) electrons. The highest BCUT2D eigenvalue weighted by Gasteiger charge is 2.19. The SMILES string of the molecule is Cc1nc(CN(C)C(CN)c2cc(F)ccc2Br)cs1. The van der Waals surface area contributed by atoms with Crippen LogP contribution in [0.5, 0.6) is 0 Å². The van der Waals surface area contributed by atoms with E-state index in [0.29, 0.717) is 13.1 Å². The van der Waals surface area contributed by atoms with Gasteiger partial charge in [-0.3, -0.25) is 4.90 Å². The van der Waals surface area contributed by atoms with Crippen LogP contribution in [0.1, 0.15) is 22.3 Å². The quantitative estimate of drug-likeness (QED) is 0.890. The molecule has 0 bridgehead atoms. The second-order valence-corrected chi connectivity index (χ2v) is 6.61. The molecule has 1 aromatic carbocycles. The lowest BCUT2D eigenvalue weighted by Gasteiger charge is -2.27. The van der Waals surface area contributed by atoms with Crippen LogP contribution in [0.4, 0.5) is 4.39 Å². The summed E-state index contributed by atoms with van der Waals surface area (Å²) in [7, 11) is 1.98. The molecule has 1 unspecified atom stereocenters. The first-order valence-corrected chi connectivity index (χ1v) is 7.94. The van der Waals surface area contributed by atoms with E-state index in [4.69, 9.17) is 5.73 Å². The number of aromatic nitrogens is 1. The van der Waals surface area contributed by atoms with Crippen LogP contribution in [-0.4, -0.2) is 23.5 Å². The van der Waals surface area contributed by atoms with Gasteiger partial charge in [0.15, 0.2) is 0 Å². The molecule has 2 N–H and O–H groups in total. The number of hydrogen-bond donors (Lipinski definition) is 1. The van der Waals surface area contributed by atoms with Gasteiger partial charge in [-0.15, -0.1) is 11.3 Å². The second kappa shape index (κ2) is 6.76. The Balaban J connectivity index is 2.20. The van der Waals surface area contributed by atoms with E-state index >= 15 is 0 Å². The number of thiazole rings is 1. The van der Waals surface area contributed by atoms with Crippen LogP contribution >= 0.6 is 27.3 Å². The zero-order chi connectivity index (χ0) is 14.7. The minimum atomic E-state index is -0.250. The Morgan fingerprint density at radius 1 is 1.50 bits per heavy atom. The Hall–Kier alpha value is -0.820. The lowest BCUT2D eigenvalue weighted by atomic mass is 10.1. The molecule has 20 heavy (non-hydrogen) atoms. The summed E-state index contributed by atoms with van der Waals surface area (Å²) in [5.74, 6) is -0.250. The van der Waals surface area contributed by atoms with Crippen LogP contribution in [0.2, 0.25) is 0 Å². The fourth-order valence-electron chi connectivity index (χ4n) is 2.16. The smallest absolute Gasteiger partial charge is 0.123 e. The summed E-state index contributed by atoms with van der Waals surface area (Å²) in [6.07, 6.45) is 0. The van der Waals surface area contributed by atoms with Crippen LogP contribution in [0.25, 0.3) is 0 Å². The van der Waals surface area contributed by atoms with Gasteiger partial charge in [-0.1, -0.05) is 15.9 Å². The topological polar surface area (TPSA) is 42.2 Å². The molecule has 1 heterocycles. The molecule has 0 saturated heterocycles. The Kier molecular flexibility index (Phi) is 5.26. The number of nitrogens with two attached hydrogens (primary N) is 1. The van der Waals surface area contributed by atoms with Crippen molar-refractivity contribution in [2.24, 2.45) is 5.73 Å². The van der Waals surface area contributed by atoms with Gasteiger partial charge < -0.3 is 5.73 Å². The molecule has 6 heteroatoms. The summed E-state index contributed by atoms with van der Waals surface area (Å²) in [6, 6.07) is 4.63. The molecular formula is C14H17BrFN3S. The largest absolute Gasteiger partial charge is 0.329 e. The second-order valence-electron chi connectivity index (χ2n) is 4.69. The highest BCUT2D eigenvalue weighted by molar-refractivity contribution is 9.10. The van der Waals surface area contributed by atoms with Gasteiger partial charge in [0.25, 0.3) is 0 Å². The van der Waals surface area contributed by atoms with Gasteiger partial charge in [0, 0.05) is 29.0 Å². The summed E-state index contributed by atoms with van der Waals surface area (Å²) >= 11 is 5.10. The van der Waals surface area contributed by atoms with E-state index in [-0.39, 0.29) is 11.9 Å². The molecule has 0 fully saturated rings. The monoisotopic (exact) mass is 357 g/mol. The van der Waals surface area contributed by atoms with E-state index in [2.05, 4.69) is 25.8 Å². The number of aryl methyl sites for hydroxylation is 1. The lowest BCUT2D eigenvalue weighted by Crippen LogP contribution is -2.30. The van der Waals surface area contributed by atoms with Crippen molar-refractivity contribution in [2.75, 3.05) is 13.6 Å². The molecule has 0 amide bonds. The molecule has 0 aliphatic carbocycles. The molecule has 1 aromatic heterocycles. The predicted octanol–water partition coefficient (Wildman–Crippen LogP) is 3.48. The standard InChI is InChI=1S/C14H17BrFN3S/c1-9-18-11(8-20-9)7-19(2)14(6-17)12-5-10(16)3-4-13(12)15/h3-5,8,14H,6-7,17H2,1-2H3. The number of nitrogens with zero attached hydrogens (tertiary/aromatic N) is 2. The maximum Gasteiger partial charge on any atom is 0.123 e. The third-order valence-electron chi connectivity index (χ3n) is 3.15. The predicted molar refractivity (Wildman–Crippen MR) is 84.2 cm³/mol. The van der Waals surface area contributed by atoms with Crippen molar-refractivity contribution < 1.29 is 4.39 Å². The Labute approximate surface area is 130 Å². The first kappa shape index (κ1) is 15.6. The fraction of sp³-hybridized carbons (Fsp3) is 0.357. The fourth-order valence-corrected chi connectivity index (χ4v) is 3.28. The van der Waals surface area contributed by atoms with E-state index in [1.807, 2.05) is 19.4 Å². The summed E-state index contributed by atoms with van der Waals surface area (Å²) in [4.78, 5) is 6.54. The van der Waals surface area contributed by atoms with Gasteiger partial charge in [-0.05, 0) is 37.7 Å². The molecule has 0 spiro atoms. The third kappa shape index (κ3) is 3.63. The van der Waals surface area contributed by atoms with Crippen molar-refractivity contribution in [3.63, 3.8) is 0 Å². The van der Waals surface area contributed by atoms with Crippen LogP contribution in [0.3, 0.4) is 0 Å². The molecule has 2 rings (SSSR count). The van der Waals surface area contributed by atoms with Crippen LogP contribution < -0.4 is 5.73 Å². The maximum absolute atomic E-state index is 13.4. The highest BCUT2D eigenvalue weighted by atomic mass is 79.9. The minimum absolute atomic E-state index is 0.0536. The molecule has 3 nitrogen and oxygen atoms in total. The van der Waals surface area contributed by atoms with Gasteiger partial charge in [0.1, 0.15) is 5.82 Å². The van der Waals surface area contributed by atoms with Crippen molar-refractivity contribution in [2.45, 2.75) is 19.5 Å². The van der Waals surface area contributed by atoms with Crippen LogP contribution in [0.15, 0.2) is 28.1 Å². The number of hydrogen-bond acceptors (Lipinski definition) is 4. The molecule has 0 aliphatic rings. The number of rotatable bonds is 5. The van der Waals surface area contributed by atoms with Crippen molar-refractivity contribution in [3.8, 4) is 0 Å². The molecule has 2 aromatic rings. The van der Waals surface area contributed by atoms with E-state index < -0.39 is 0 Å². The molecule has 0 saturated carbocycles. The summed E-state index contributed by atoms with van der Waals surface area (Å²) in [6.45, 7) is 3.09. The van der Waals surface area contributed by atoms with E-state index in [9.17, 15) is 4.39 Å². The number of benzene rings is 1. The van der Waals surface area contributed by atoms with Crippen molar-refractivity contribution in [1.29, 1.82) is 0 Å². The normalized spacial score (nSPS) is 12.9. The van der Waals surface area contributed by atoms with Crippen LogP contribution in [0, 0.1) is 12.7 Å². The Morgan fingerprint density at radius 3 is 2.85 bits per heavy atom. The summed E-state index contributed by atoms with van der Waals surface area (Å²) in [5, 5.41) is 3.09. The average molecular weight is 358 g/mol. The summed E-state index contributed by atoms with van der Waals surface area (Å²) in [5.41, 5.74) is 7.76. The van der Waals surface area contributed by atoms with Crippen molar-refractivity contribution in [3.05, 3.63) is 50.1 Å². The third-order valence-corrected chi connectivity index (χ3v) is 4.69. The lowest BCUT2D eigenvalue weighted by molar-refractivity contribution is 0.238. The molecule has 1 atom stereocenters. The zero-order valence-corrected chi connectivity index (χ0v) is 13.8. The first-order chi connectivity index (χ1) is 9.51. The van der Waals surface area contributed by atoms with E-state index in [1.54, 1.807) is 17.4 Å². The van der Waals surface area contributed by atoms with Gasteiger partial charge in [0.2, 0.25) is 0 Å². The Morgan fingerprint density at radius 2 is 2.25 bits per heavy atom. The molecule has 108 valence electrons. The van der Waals surface area contributed by atoms with Crippen LogP contribution in [-0.2, 0) is 6.54 Å². The van der Waals surface area contributed by atoms with Gasteiger partial charge in [-0.25, -0.2) is 9.37 Å². The molecular weight excluding hydrogens is 341 g/mol.